The van der Waals surface area contributed by atoms with Gasteiger partial charge in [-0.2, -0.15) is 0 Å². The maximum atomic E-state index is 14.6. The number of ether oxygens (including phenoxy) is 5. The predicted octanol–water partition coefficient (Wildman–Crippen LogP) is 9.34. The fourth-order valence-corrected chi connectivity index (χ4v) is 11.3. The van der Waals surface area contributed by atoms with Gasteiger partial charge in [0.05, 0.1) is 80.2 Å². The number of alkyl carbamates (subject to hydrolysis) is 2. The van der Waals surface area contributed by atoms with Crippen LogP contribution in [0.5, 0.6) is 5.75 Å². The van der Waals surface area contributed by atoms with Gasteiger partial charge in [0.25, 0.3) is 0 Å². The number of rotatable bonds is 14. The normalized spacial score (nSPS) is 24.4. The molecule has 10 atom stereocenters. The van der Waals surface area contributed by atoms with Gasteiger partial charge in [0.2, 0.25) is 11.8 Å². The maximum Gasteiger partial charge on any atom is 0.407 e. The first-order valence-corrected chi connectivity index (χ1v) is 25.5. The molecule has 3 fully saturated rings. The van der Waals surface area contributed by atoms with Gasteiger partial charge in [-0.3, -0.25) is 9.59 Å². The Labute approximate surface area is 426 Å². The van der Waals surface area contributed by atoms with Crippen molar-refractivity contribution in [3.8, 4) is 28.1 Å². The fraction of sp³-hybridized carbons (Fsp3) is 0.464. The Balaban J connectivity index is 0.965. The van der Waals surface area contributed by atoms with Crippen LogP contribution in [0.4, 0.5) is 9.59 Å². The number of nitrogens with one attached hydrogen (secondary N) is 4. The average molecular weight is 997 g/mol. The quantitative estimate of drug-likeness (QED) is 0.0773. The zero-order chi connectivity index (χ0) is 51.7. The third-order valence-electron chi connectivity index (χ3n) is 15.2. The first kappa shape index (κ1) is 50.9. The topological polar surface area (TPSA) is 202 Å². The van der Waals surface area contributed by atoms with E-state index in [2.05, 4.69) is 77.1 Å². The van der Waals surface area contributed by atoms with Crippen molar-refractivity contribution in [1.29, 1.82) is 0 Å². The molecule has 1 unspecified atom stereocenters. The Bertz CT molecular complexity index is 2940. The van der Waals surface area contributed by atoms with Crippen LogP contribution in [0.3, 0.4) is 0 Å². The molecule has 4 N–H and O–H groups in total. The van der Waals surface area contributed by atoms with Crippen molar-refractivity contribution in [2.75, 3.05) is 14.2 Å². The van der Waals surface area contributed by atoms with Crippen LogP contribution in [0.25, 0.3) is 44.2 Å². The average Bonchev–Trinajstić information content (AvgIpc) is 4.16. The lowest BCUT2D eigenvalue weighted by atomic mass is 9.85. The van der Waals surface area contributed by atoms with Gasteiger partial charge in [-0.15, -0.1) is 13.2 Å². The van der Waals surface area contributed by atoms with Gasteiger partial charge in [0.1, 0.15) is 36.1 Å². The summed E-state index contributed by atoms with van der Waals surface area (Å²) >= 11 is 0. The summed E-state index contributed by atoms with van der Waals surface area (Å²) in [6.45, 7) is 18.4. The summed E-state index contributed by atoms with van der Waals surface area (Å²) in [6.07, 6.45) is 10.5. The van der Waals surface area contributed by atoms with E-state index in [0.717, 1.165) is 86.8 Å². The van der Waals surface area contributed by atoms with Gasteiger partial charge >= 0.3 is 12.2 Å². The second-order valence-electron chi connectivity index (χ2n) is 20.0. The van der Waals surface area contributed by atoms with Gasteiger partial charge in [-0.05, 0) is 130 Å². The molecule has 9 rings (SSSR count). The van der Waals surface area contributed by atoms with Crippen molar-refractivity contribution >= 4 is 45.8 Å². The Morgan fingerprint density at radius 1 is 0.932 bits per heavy atom. The first-order chi connectivity index (χ1) is 35.2. The van der Waals surface area contributed by atoms with Crippen molar-refractivity contribution in [1.82, 2.24) is 40.4 Å². The first-order valence-electron chi connectivity index (χ1n) is 25.5. The SMILES string of the molecule is C=C[C@@H]1CC([C@H](NC(=O)OC)C(=O)N2[C@@H](C)CC[C@H]2c2ncc(-c3ccc4c(c3)COc3cc5c(ccc6[nH]c(CN(C(=O)[C@H](C=C)NC(=O)OC)[C@@H](/C=C7\CC[C@@H](C)O[C@@H]7C)CC)nc65)cc3-4)[nH]2)C[C@@H](C)O1. The second-order valence-corrected chi connectivity index (χ2v) is 20.0. The molecule has 0 bridgehead atoms. The minimum absolute atomic E-state index is 0.0739. The number of H-pyrrole nitrogens is 2. The third-order valence-corrected chi connectivity index (χ3v) is 15.2. The van der Waals surface area contributed by atoms with Gasteiger partial charge in [-0.25, -0.2) is 19.6 Å². The Kier molecular flexibility index (Phi) is 15.1. The summed E-state index contributed by atoms with van der Waals surface area (Å²) < 4.78 is 28.5. The predicted molar refractivity (Wildman–Crippen MR) is 277 cm³/mol. The summed E-state index contributed by atoms with van der Waals surface area (Å²) in [7, 11) is 2.56. The summed E-state index contributed by atoms with van der Waals surface area (Å²) in [6, 6.07) is 12.0. The van der Waals surface area contributed by atoms with Crippen LogP contribution in [0.2, 0.25) is 0 Å². The van der Waals surface area contributed by atoms with Crippen molar-refractivity contribution in [3.63, 3.8) is 0 Å². The highest BCUT2D eigenvalue weighted by Gasteiger charge is 2.44. The number of aromatic nitrogens is 4. The molecule has 17 heteroatoms. The molecule has 386 valence electrons. The van der Waals surface area contributed by atoms with Crippen molar-refractivity contribution in [2.24, 2.45) is 5.92 Å². The number of carbonyl (C=O) groups excluding carboxylic acids is 4. The van der Waals surface area contributed by atoms with E-state index >= 15 is 0 Å². The summed E-state index contributed by atoms with van der Waals surface area (Å²) in [5.41, 5.74) is 7.47. The summed E-state index contributed by atoms with van der Waals surface area (Å²) in [5, 5.41) is 7.37. The maximum absolute atomic E-state index is 14.6. The van der Waals surface area contributed by atoms with Crippen LogP contribution in [0, 0.1) is 5.92 Å². The minimum Gasteiger partial charge on any atom is -0.488 e. The van der Waals surface area contributed by atoms with Gasteiger partial charge in [0.15, 0.2) is 0 Å². The summed E-state index contributed by atoms with van der Waals surface area (Å²) in [4.78, 5) is 74.5. The molecule has 2 aromatic heterocycles. The lowest BCUT2D eigenvalue weighted by Crippen LogP contribution is -2.55. The monoisotopic (exact) mass is 997 g/mol. The molecule has 6 heterocycles. The van der Waals surface area contributed by atoms with Crippen LogP contribution in [-0.2, 0) is 41.7 Å². The smallest absolute Gasteiger partial charge is 0.407 e. The van der Waals surface area contributed by atoms with Gasteiger partial charge < -0.3 is 54.1 Å². The molecule has 17 nitrogen and oxygen atoms in total. The highest BCUT2D eigenvalue weighted by molar-refractivity contribution is 6.07. The van der Waals surface area contributed by atoms with E-state index < -0.39 is 24.3 Å². The van der Waals surface area contributed by atoms with Crippen LogP contribution in [0.1, 0.15) is 103 Å². The van der Waals surface area contributed by atoms with E-state index in [4.69, 9.17) is 33.7 Å². The molecule has 0 spiro atoms. The number of carbonyl (C=O) groups is 4. The van der Waals surface area contributed by atoms with Gasteiger partial charge in [-0.1, -0.05) is 43.4 Å². The lowest BCUT2D eigenvalue weighted by molar-refractivity contribution is -0.140. The number of amides is 4. The van der Waals surface area contributed by atoms with Crippen LogP contribution >= 0.6 is 0 Å². The molecule has 4 amide bonds. The Morgan fingerprint density at radius 3 is 2.47 bits per heavy atom. The number of aromatic amines is 2. The standard InChI is InChI=1S/C56H68N8O9/c1-10-39(23-34-15-14-31(5)72-33(34)7)63(53(65)44(12-3)60-55(67)69-8)28-49-58-45-19-17-35-25-43-41-18-16-36(22-38(41)29-71-48(43)26-42(35)51(45)61-49)46-27-57-52(59-46)47-20-13-30(4)64(47)54(66)50(62-56(68)70-9)37-21-32(6)73-40(11-2)24-37/h11-12,16-19,22-23,25-27,30-33,37,39-40,44,47,50H,2-3,10,13-15,20-21,24,28-29H2,1,4-9H3,(H,57,59)(H,58,61)(H,60,67)(H,62,68)/b34-23+/t30-,31+,32+,33+,37?,39+,40+,44-,47-,50-/m0/s1. The van der Waals surface area contributed by atoms with Crippen LogP contribution < -0.4 is 15.4 Å². The molecule has 0 radical (unpaired) electrons. The molecule has 0 saturated carbocycles. The minimum atomic E-state index is -1.02. The number of methoxy groups -OCH3 is 2. The molecule has 5 aromatic rings. The Morgan fingerprint density at radius 2 is 1.73 bits per heavy atom. The Hall–Kier alpha value is -6.98. The molecule has 73 heavy (non-hydrogen) atoms. The van der Waals surface area contributed by atoms with Crippen LogP contribution in [-0.4, -0.2) is 117 Å². The molecule has 0 aliphatic carbocycles. The highest BCUT2D eigenvalue weighted by Crippen LogP contribution is 2.44. The zero-order valence-corrected chi connectivity index (χ0v) is 42.9. The molecular formula is C56H68N8O9. The third kappa shape index (κ3) is 10.5. The van der Waals surface area contributed by atoms with E-state index in [9.17, 15) is 19.2 Å². The number of benzene rings is 3. The molecule has 3 aromatic carbocycles. The number of hydrogen-bond acceptors (Lipinski definition) is 11. The van der Waals surface area contributed by atoms with E-state index in [1.807, 2.05) is 50.9 Å². The lowest BCUT2D eigenvalue weighted by Gasteiger charge is -2.39. The second kappa shape index (κ2) is 21.6. The van der Waals surface area contributed by atoms with Crippen molar-refractivity contribution < 1.29 is 42.9 Å². The van der Waals surface area contributed by atoms with E-state index in [1.165, 1.54) is 20.3 Å². The van der Waals surface area contributed by atoms with Gasteiger partial charge in [0, 0.05) is 17.0 Å². The van der Waals surface area contributed by atoms with Crippen molar-refractivity contribution in [3.05, 3.63) is 103 Å². The van der Waals surface area contributed by atoms with Crippen LogP contribution in [0.15, 0.2) is 85.6 Å². The number of likely N-dealkylation sites (tertiary alicyclic amines) is 1. The van der Waals surface area contributed by atoms with E-state index in [0.29, 0.717) is 37.5 Å². The molecular weight excluding hydrogens is 929 g/mol. The van der Waals surface area contributed by atoms with Crippen molar-refractivity contribution in [2.45, 2.75) is 147 Å². The zero-order valence-electron chi connectivity index (χ0n) is 42.9. The van der Waals surface area contributed by atoms with E-state index in [-0.39, 0.29) is 66.8 Å². The molecule has 4 aliphatic heterocycles. The number of fused-ring (bicyclic) bond motifs is 6. The number of hydrogen-bond donors (Lipinski definition) is 4. The number of nitrogens with zero attached hydrogens (tertiary/aromatic N) is 4. The fourth-order valence-electron chi connectivity index (χ4n) is 11.3. The van der Waals surface area contributed by atoms with E-state index in [1.54, 1.807) is 11.0 Å². The largest absolute Gasteiger partial charge is 0.488 e. The molecule has 3 saturated heterocycles. The summed E-state index contributed by atoms with van der Waals surface area (Å²) in [5.74, 6) is 1.33. The molecule has 4 aliphatic rings. The highest BCUT2D eigenvalue weighted by atomic mass is 16.5. The number of imidazole rings is 2.